The van der Waals surface area contributed by atoms with Gasteiger partial charge in [0.15, 0.2) is 0 Å². The number of esters is 1. The molecule has 3 N–H and O–H groups in total. The molecule has 0 saturated carbocycles. The van der Waals surface area contributed by atoms with E-state index in [0.717, 1.165) is 0 Å². The number of nitrogens with one attached hydrogen (secondary N) is 2. The second kappa shape index (κ2) is 7.53. The molecule has 0 bridgehead atoms. The molecule has 0 radical (unpaired) electrons. The summed E-state index contributed by atoms with van der Waals surface area (Å²) in [4.78, 5) is 46.6. The lowest BCUT2D eigenvalue weighted by molar-refractivity contribution is -0.135. The first kappa shape index (κ1) is 19.1. The SMILES string of the molecule is COC(=O)c1cn(-c2ccc(C(=O)NCC(=O)O)c(Cl)c2)cc2c(=O)[nH]nc1-2. The molecule has 10 nitrogen and oxygen atoms in total. The largest absolute Gasteiger partial charge is 0.480 e. The number of carboxylic acid groups (broad SMARTS) is 1. The van der Waals surface area contributed by atoms with Crippen LogP contribution in [-0.4, -0.2) is 51.4 Å². The Morgan fingerprint density at radius 3 is 2.68 bits per heavy atom. The predicted molar refractivity (Wildman–Crippen MR) is 97.1 cm³/mol. The molecule has 3 rings (SSSR count). The number of carbonyl (C=O) groups is 3. The Balaban J connectivity index is 2.04. The number of aromatic nitrogens is 3. The van der Waals surface area contributed by atoms with Crippen LogP contribution in [0, 0.1) is 0 Å². The molecule has 1 aromatic carbocycles. The minimum atomic E-state index is -1.19. The fourth-order valence-corrected chi connectivity index (χ4v) is 2.81. The lowest BCUT2D eigenvalue weighted by Gasteiger charge is -2.13. The highest BCUT2D eigenvalue weighted by molar-refractivity contribution is 6.34. The summed E-state index contributed by atoms with van der Waals surface area (Å²) >= 11 is 6.15. The van der Waals surface area contributed by atoms with E-state index in [9.17, 15) is 19.2 Å². The molecular formula is C17H13ClN4O6. The van der Waals surface area contributed by atoms with Crippen LogP contribution in [0.15, 0.2) is 35.4 Å². The maximum Gasteiger partial charge on any atom is 0.341 e. The summed E-state index contributed by atoms with van der Waals surface area (Å²) in [6, 6.07) is 4.37. The van der Waals surface area contributed by atoms with E-state index >= 15 is 0 Å². The van der Waals surface area contributed by atoms with Crippen LogP contribution in [0.4, 0.5) is 0 Å². The number of fused-ring (bicyclic) bond motifs is 1. The van der Waals surface area contributed by atoms with E-state index in [1.165, 1.54) is 42.3 Å². The Morgan fingerprint density at radius 2 is 2.04 bits per heavy atom. The Kier molecular flexibility index (Phi) is 5.14. The molecule has 11 heteroatoms. The number of aliphatic carboxylic acids is 1. The summed E-state index contributed by atoms with van der Waals surface area (Å²) in [5, 5.41) is 17.0. The molecule has 0 spiro atoms. The van der Waals surface area contributed by atoms with Crippen LogP contribution in [0.5, 0.6) is 0 Å². The first-order valence-corrected chi connectivity index (χ1v) is 8.18. The van der Waals surface area contributed by atoms with Crippen LogP contribution in [0.3, 0.4) is 0 Å². The molecule has 0 atom stereocenters. The molecule has 0 unspecified atom stereocenters. The van der Waals surface area contributed by atoms with Crippen LogP contribution in [0.1, 0.15) is 20.7 Å². The molecule has 1 amide bonds. The van der Waals surface area contributed by atoms with Crippen LogP contribution in [0.25, 0.3) is 16.9 Å². The van der Waals surface area contributed by atoms with Crippen molar-refractivity contribution in [1.82, 2.24) is 20.1 Å². The number of amides is 1. The molecule has 0 fully saturated rings. The minimum Gasteiger partial charge on any atom is -0.480 e. The highest BCUT2D eigenvalue weighted by Crippen LogP contribution is 2.25. The molecular weight excluding hydrogens is 392 g/mol. The highest BCUT2D eigenvalue weighted by Gasteiger charge is 2.22. The Labute approximate surface area is 162 Å². The van der Waals surface area contributed by atoms with Gasteiger partial charge in [0.05, 0.1) is 23.3 Å². The molecule has 144 valence electrons. The first-order valence-electron chi connectivity index (χ1n) is 7.80. The molecule has 0 aromatic heterocycles. The van der Waals surface area contributed by atoms with E-state index in [-0.39, 0.29) is 27.4 Å². The number of H-pyrrole nitrogens is 1. The molecule has 2 aliphatic heterocycles. The number of aromatic amines is 1. The normalized spacial score (nSPS) is 10.6. The van der Waals surface area contributed by atoms with Gasteiger partial charge in [0.1, 0.15) is 17.8 Å². The minimum absolute atomic E-state index is 0.0575. The standard InChI is InChI=1S/C17H13ClN4O6/c1-28-17(27)11-7-22(6-10-14(11)20-21-16(10)26)8-2-3-9(12(18)4-8)15(25)19-5-13(23)24/h2-4,6-7H,5H2,1H3,(H,19,25)(H,21,26)(H,23,24). The third-order valence-corrected chi connectivity index (χ3v) is 4.17. The average molecular weight is 405 g/mol. The monoisotopic (exact) mass is 404 g/mol. The van der Waals surface area contributed by atoms with Gasteiger partial charge in [-0.15, -0.1) is 0 Å². The van der Waals surface area contributed by atoms with Crippen molar-refractivity contribution in [3.8, 4) is 16.9 Å². The maximum absolute atomic E-state index is 12.0. The number of ether oxygens (including phenoxy) is 1. The van der Waals surface area contributed by atoms with E-state index in [4.69, 9.17) is 21.4 Å². The number of nitrogens with zero attached hydrogens (tertiary/aromatic N) is 2. The van der Waals surface area contributed by atoms with Gasteiger partial charge in [-0.25, -0.2) is 9.89 Å². The van der Waals surface area contributed by atoms with Crippen molar-refractivity contribution in [2.24, 2.45) is 0 Å². The van der Waals surface area contributed by atoms with Crippen molar-refractivity contribution in [2.75, 3.05) is 13.7 Å². The number of benzene rings is 1. The number of methoxy groups -OCH3 is 1. The molecule has 28 heavy (non-hydrogen) atoms. The molecule has 0 saturated heterocycles. The number of pyridine rings is 1. The maximum atomic E-state index is 12.0. The number of halogens is 1. The number of hydrogen-bond acceptors (Lipinski definition) is 6. The van der Waals surface area contributed by atoms with Gasteiger partial charge in [-0.1, -0.05) is 11.6 Å². The van der Waals surface area contributed by atoms with Crippen molar-refractivity contribution < 1.29 is 24.2 Å². The van der Waals surface area contributed by atoms with Crippen LogP contribution in [0.2, 0.25) is 5.02 Å². The van der Waals surface area contributed by atoms with Crippen LogP contribution in [-0.2, 0) is 9.53 Å². The summed E-state index contributed by atoms with van der Waals surface area (Å²) < 4.78 is 6.20. The average Bonchev–Trinajstić information content (AvgIpc) is 3.05. The number of rotatable bonds is 5. The summed E-state index contributed by atoms with van der Waals surface area (Å²) in [5.41, 5.74) is 0.455. The van der Waals surface area contributed by atoms with Crippen molar-refractivity contribution >= 4 is 29.4 Å². The molecule has 2 heterocycles. The zero-order valence-corrected chi connectivity index (χ0v) is 15.1. The second-order valence-electron chi connectivity index (χ2n) is 5.63. The quantitative estimate of drug-likeness (QED) is 0.536. The van der Waals surface area contributed by atoms with Gasteiger partial charge < -0.3 is 19.7 Å². The smallest absolute Gasteiger partial charge is 0.341 e. The van der Waals surface area contributed by atoms with E-state index in [2.05, 4.69) is 15.5 Å². The molecule has 0 aliphatic carbocycles. The predicted octanol–water partition coefficient (Wildman–Crippen LogP) is 0.920. The summed E-state index contributed by atoms with van der Waals surface area (Å²) in [6.07, 6.45) is 2.88. The van der Waals surface area contributed by atoms with Gasteiger partial charge in [-0.05, 0) is 18.2 Å². The topological polar surface area (TPSA) is 143 Å². The Bertz CT molecular complexity index is 1120. The van der Waals surface area contributed by atoms with E-state index in [1.54, 1.807) is 0 Å². The highest BCUT2D eigenvalue weighted by atomic mass is 35.5. The summed E-state index contributed by atoms with van der Waals surface area (Å²) in [6.45, 7) is -0.544. The summed E-state index contributed by atoms with van der Waals surface area (Å²) in [5.74, 6) is -2.51. The van der Waals surface area contributed by atoms with Gasteiger partial charge in [-0.3, -0.25) is 14.4 Å². The summed E-state index contributed by atoms with van der Waals surface area (Å²) in [7, 11) is 1.21. The fourth-order valence-electron chi connectivity index (χ4n) is 2.54. The van der Waals surface area contributed by atoms with Crippen molar-refractivity contribution in [3.63, 3.8) is 0 Å². The second-order valence-corrected chi connectivity index (χ2v) is 6.03. The van der Waals surface area contributed by atoms with Gasteiger partial charge in [0.2, 0.25) is 0 Å². The Morgan fingerprint density at radius 1 is 1.29 bits per heavy atom. The van der Waals surface area contributed by atoms with E-state index in [0.29, 0.717) is 5.69 Å². The van der Waals surface area contributed by atoms with Crippen molar-refractivity contribution in [3.05, 3.63) is 57.1 Å². The van der Waals surface area contributed by atoms with E-state index in [1.807, 2.05) is 0 Å². The third kappa shape index (κ3) is 3.58. The third-order valence-electron chi connectivity index (χ3n) is 3.86. The number of hydrogen-bond donors (Lipinski definition) is 3. The zero-order valence-electron chi connectivity index (χ0n) is 14.4. The van der Waals surface area contributed by atoms with Gasteiger partial charge in [0, 0.05) is 18.1 Å². The fraction of sp³-hybridized carbons (Fsp3) is 0.118. The van der Waals surface area contributed by atoms with Crippen LogP contribution < -0.4 is 10.9 Å². The van der Waals surface area contributed by atoms with Crippen molar-refractivity contribution in [1.29, 1.82) is 0 Å². The first-order chi connectivity index (χ1) is 13.3. The lowest BCUT2D eigenvalue weighted by Crippen LogP contribution is -2.29. The Hall–Kier alpha value is -3.66. The van der Waals surface area contributed by atoms with E-state index < -0.39 is 29.9 Å². The number of carbonyl (C=O) groups excluding carboxylic acids is 2. The van der Waals surface area contributed by atoms with Crippen molar-refractivity contribution in [2.45, 2.75) is 0 Å². The lowest BCUT2D eigenvalue weighted by atomic mass is 10.1. The molecule has 1 aromatic rings. The van der Waals surface area contributed by atoms with Crippen LogP contribution >= 0.6 is 11.6 Å². The van der Waals surface area contributed by atoms with Gasteiger partial charge in [0.25, 0.3) is 11.5 Å². The van der Waals surface area contributed by atoms with Gasteiger partial charge in [-0.2, -0.15) is 5.10 Å². The van der Waals surface area contributed by atoms with Gasteiger partial charge >= 0.3 is 11.9 Å². The number of carboxylic acids is 1. The molecule has 2 aliphatic rings. The zero-order chi connectivity index (χ0) is 20.4.